The van der Waals surface area contributed by atoms with E-state index in [4.69, 9.17) is 11.2 Å². The minimum atomic E-state index is -0.622. The van der Waals surface area contributed by atoms with Crippen LogP contribution in [0.4, 0.5) is 0 Å². The van der Waals surface area contributed by atoms with Crippen LogP contribution in [0, 0.1) is 18.4 Å². The molecule has 0 aliphatic carbocycles. The second-order valence-electron chi connectivity index (χ2n) is 4.37. The topological polar surface area (TPSA) is 67.0 Å². The van der Waals surface area contributed by atoms with Gasteiger partial charge >= 0.3 is 123 Å². The number of aromatic nitrogens is 2. The quantitative estimate of drug-likeness (QED) is 0.475. The SMILES string of the molecule is [C+]#C[C-](N[C@@H](Cc1cnc[nH]1)C(=O)OC)c1ccccc1. The zero-order valence-corrected chi connectivity index (χ0v) is 11.6. The maximum atomic E-state index is 11.9. The normalized spacial score (nSPS) is 11.6. The third kappa shape index (κ3) is 3.99. The van der Waals surface area contributed by atoms with E-state index in [9.17, 15) is 4.79 Å². The summed E-state index contributed by atoms with van der Waals surface area (Å²) in [6.07, 6.45) is 11.0. The Morgan fingerprint density at radius 1 is 1.52 bits per heavy atom. The fraction of sp³-hybridized carbons (Fsp3) is 0.188. The molecule has 5 heteroatoms. The van der Waals surface area contributed by atoms with Crippen LogP contribution in [0.25, 0.3) is 0 Å². The van der Waals surface area contributed by atoms with Gasteiger partial charge in [-0.2, -0.15) is 0 Å². The van der Waals surface area contributed by atoms with Gasteiger partial charge in [0, 0.05) is 0 Å². The van der Waals surface area contributed by atoms with Gasteiger partial charge in [-0.15, -0.1) is 0 Å². The summed E-state index contributed by atoms with van der Waals surface area (Å²) in [5.74, 6) is 1.92. The van der Waals surface area contributed by atoms with Crippen LogP contribution in [0.1, 0.15) is 11.3 Å². The van der Waals surface area contributed by atoms with Gasteiger partial charge < -0.3 is 0 Å². The third-order valence-corrected chi connectivity index (χ3v) is 2.97. The van der Waals surface area contributed by atoms with E-state index in [0.29, 0.717) is 12.5 Å². The number of carbonyl (C=O) groups is 1. The molecule has 2 rings (SSSR count). The molecule has 1 heterocycles. The van der Waals surface area contributed by atoms with E-state index < -0.39 is 12.0 Å². The first-order valence-electron chi connectivity index (χ1n) is 6.41. The summed E-state index contributed by atoms with van der Waals surface area (Å²) in [4.78, 5) is 18.8. The number of esters is 1. The Hall–Kier alpha value is -2.49. The number of carbonyl (C=O) groups excluding carboxylic acids is 1. The van der Waals surface area contributed by atoms with Gasteiger partial charge in [-0.05, 0) is 0 Å². The Balaban J connectivity index is 2.13. The van der Waals surface area contributed by atoms with E-state index in [1.165, 1.54) is 7.11 Å². The van der Waals surface area contributed by atoms with Gasteiger partial charge in [-0.25, -0.2) is 0 Å². The zero-order chi connectivity index (χ0) is 15.1. The maximum absolute atomic E-state index is 11.9. The van der Waals surface area contributed by atoms with Gasteiger partial charge in [0.2, 0.25) is 0 Å². The van der Waals surface area contributed by atoms with Gasteiger partial charge in [0.15, 0.2) is 0 Å². The van der Waals surface area contributed by atoms with Crippen LogP contribution in [-0.4, -0.2) is 29.1 Å². The molecule has 0 saturated carbocycles. The van der Waals surface area contributed by atoms with E-state index in [0.717, 1.165) is 11.3 Å². The number of rotatable bonds is 6. The Bertz CT molecular complexity index is 602. The summed E-state index contributed by atoms with van der Waals surface area (Å²) in [7, 11) is 1.33. The number of nitrogens with one attached hydrogen (secondary N) is 2. The van der Waals surface area contributed by atoms with Crippen molar-refractivity contribution in [1.29, 1.82) is 0 Å². The van der Waals surface area contributed by atoms with Crippen LogP contribution >= 0.6 is 0 Å². The number of imidazole rings is 1. The summed E-state index contributed by atoms with van der Waals surface area (Å²) in [6.45, 7) is 0. The Morgan fingerprint density at radius 2 is 2.29 bits per heavy atom. The van der Waals surface area contributed by atoms with E-state index in [-0.39, 0.29) is 0 Å². The van der Waals surface area contributed by atoms with Crippen molar-refractivity contribution in [2.45, 2.75) is 12.5 Å². The van der Waals surface area contributed by atoms with Crippen molar-refractivity contribution in [3.63, 3.8) is 0 Å². The number of hydrogen-bond acceptors (Lipinski definition) is 4. The second-order valence-corrected chi connectivity index (χ2v) is 4.37. The molecule has 1 aromatic carbocycles. The van der Waals surface area contributed by atoms with Gasteiger partial charge in [0.25, 0.3) is 0 Å². The van der Waals surface area contributed by atoms with Crippen molar-refractivity contribution in [2.24, 2.45) is 0 Å². The first-order valence-corrected chi connectivity index (χ1v) is 6.41. The van der Waals surface area contributed by atoms with Crippen molar-refractivity contribution in [1.82, 2.24) is 15.3 Å². The Kier molecular flexibility index (Phi) is 5.21. The molecular formula is C16H15N3O2. The first kappa shape index (κ1) is 14.9. The number of benzene rings is 1. The van der Waals surface area contributed by atoms with Gasteiger partial charge in [-0.3, -0.25) is 0 Å². The molecule has 1 aromatic heterocycles. The predicted octanol–water partition coefficient (Wildman–Crippen LogP) is 1.25. The summed E-state index contributed by atoms with van der Waals surface area (Å²) in [5, 5.41) is 3.00. The van der Waals surface area contributed by atoms with E-state index in [2.05, 4.69) is 21.2 Å². The summed E-state index contributed by atoms with van der Waals surface area (Å²) < 4.78 is 4.80. The molecule has 0 radical (unpaired) electrons. The molecule has 0 spiro atoms. The summed E-state index contributed by atoms with van der Waals surface area (Å²) in [6, 6.07) is 9.09. The average molecular weight is 281 g/mol. The van der Waals surface area contributed by atoms with Crippen LogP contribution in [0.15, 0.2) is 42.9 Å². The zero-order valence-electron chi connectivity index (χ0n) is 11.6. The van der Waals surface area contributed by atoms with Gasteiger partial charge in [0.1, 0.15) is 0 Å². The molecule has 0 amide bonds. The molecule has 0 unspecified atom stereocenters. The predicted molar refractivity (Wildman–Crippen MR) is 77.1 cm³/mol. The third-order valence-electron chi connectivity index (χ3n) is 2.97. The van der Waals surface area contributed by atoms with Crippen LogP contribution in [0.2, 0.25) is 0 Å². The number of H-pyrrole nitrogens is 1. The van der Waals surface area contributed by atoms with Crippen LogP contribution in [0.3, 0.4) is 0 Å². The van der Waals surface area contributed by atoms with Crippen molar-refractivity contribution in [3.8, 4) is 5.92 Å². The molecule has 21 heavy (non-hydrogen) atoms. The summed E-state index contributed by atoms with van der Waals surface area (Å²) in [5.41, 5.74) is 1.58. The molecular weight excluding hydrogens is 266 g/mol. The average Bonchev–Trinajstić information content (AvgIpc) is 3.04. The molecule has 0 saturated heterocycles. The standard InChI is InChI=1S/C16H15N3O2/c1-3-14(12-7-5-4-6-8-12)19-15(16(20)21-2)9-13-10-17-11-18-13/h4-8,10-11,15,19H,9H2,2H3,(H,17,18)/t15-/m0/s1. The molecule has 0 aliphatic heterocycles. The van der Waals surface area contributed by atoms with Gasteiger partial charge in [-0.1, -0.05) is 0 Å². The monoisotopic (exact) mass is 281 g/mol. The van der Waals surface area contributed by atoms with Crippen molar-refractivity contribution in [3.05, 3.63) is 66.6 Å². The molecule has 2 N–H and O–H groups in total. The molecule has 0 aliphatic rings. The van der Waals surface area contributed by atoms with Crippen LogP contribution < -0.4 is 5.32 Å². The van der Waals surface area contributed by atoms with E-state index >= 15 is 0 Å². The number of ether oxygens (including phenoxy) is 1. The number of methoxy groups -OCH3 is 1. The Labute approximate surface area is 123 Å². The molecule has 0 fully saturated rings. The van der Waals surface area contributed by atoms with Crippen LogP contribution in [-0.2, 0) is 16.0 Å². The fourth-order valence-corrected chi connectivity index (χ4v) is 1.92. The van der Waals surface area contributed by atoms with Gasteiger partial charge in [0.05, 0.1) is 0 Å². The molecule has 5 nitrogen and oxygen atoms in total. The number of aromatic amines is 1. The number of nitrogens with zero attached hydrogens (tertiary/aromatic N) is 1. The van der Waals surface area contributed by atoms with Crippen molar-refractivity contribution >= 4 is 5.97 Å². The minimum absolute atomic E-state index is 0.380. The molecule has 0 bridgehead atoms. The fourth-order valence-electron chi connectivity index (χ4n) is 1.92. The van der Waals surface area contributed by atoms with E-state index in [1.807, 2.05) is 30.3 Å². The Morgan fingerprint density at radius 3 is 2.86 bits per heavy atom. The molecule has 106 valence electrons. The first-order chi connectivity index (χ1) is 10.2. The number of hydrogen-bond donors (Lipinski definition) is 2. The molecule has 1 atom stereocenters. The van der Waals surface area contributed by atoms with Crippen LogP contribution in [0.5, 0.6) is 0 Å². The van der Waals surface area contributed by atoms with E-state index in [1.54, 1.807) is 12.5 Å². The second kappa shape index (κ2) is 7.33. The molecule has 2 aromatic rings. The van der Waals surface area contributed by atoms with Crippen molar-refractivity contribution in [2.75, 3.05) is 7.11 Å². The summed E-state index contributed by atoms with van der Waals surface area (Å²) >= 11 is 0. The van der Waals surface area contributed by atoms with Crippen molar-refractivity contribution < 1.29 is 9.53 Å².